The van der Waals surface area contributed by atoms with Crippen molar-refractivity contribution < 1.29 is 0 Å². The van der Waals surface area contributed by atoms with Crippen LogP contribution in [0.15, 0.2) is 0 Å². The summed E-state index contributed by atoms with van der Waals surface area (Å²) in [7, 11) is 0. The fourth-order valence-electron chi connectivity index (χ4n) is 1.35. The van der Waals surface area contributed by atoms with E-state index in [0.717, 1.165) is 6.42 Å². The first kappa shape index (κ1) is 13.6. The maximum absolute atomic E-state index is 6.02. The van der Waals surface area contributed by atoms with Crippen molar-refractivity contribution >= 4 is 23.2 Å². The minimum absolute atomic E-state index is 0.109. The maximum atomic E-state index is 6.02. The Bertz CT molecular complexity index is 102. The first-order chi connectivity index (χ1) is 6.18. The molecule has 0 aromatic carbocycles. The van der Waals surface area contributed by atoms with Crippen LogP contribution in [0, 0.1) is 0 Å². The van der Waals surface area contributed by atoms with Crippen molar-refractivity contribution in [2.45, 2.75) is 69.5 Å². The molecule has 0 rings (SSSR count). The molecule has 0 N–H and O–H groups in total. The Kier molecular flexibility index (Phi) is 9.56. The van der Waals surface area contributed by atoms with E-state index >= 15 is 0 Å². The largest absolute Gasteiger partial charge is 0.122 e. The quantitative estimate of drug-likeness (QED) is 0.404. The molecule has 0 amide bonds. The first-order valence-corrected chi connectivity index (χ1v) is 6.34. The van der Waals surface area contributed by atoms with Gasteiger partial charge < -0.3 is 0 Å². The van der Waals surface area contributed by atoms with Crippen LogP contribution < -0.4 is 0 Å². The van der Waals surface area contributed by atoms with Crippen LogP contribution in [0.4, 0.5) is 0 Å². The topological polar surface area (TPSA) is 0 Å². The Morgan fingerprint density at radius 3 is 2.00 bits per heavy atom. The number of halogens is 2. The maximum Gasteiger partial charge on any atom is 0.0497 e. The monoisotopic (exact) mass is 224 g/mol. The van der Waals surface area contributed by atoms with Crippen molar-refractivity contribution in [1.82, 2.24) is 0 Å². The van der Waals surface area contributed by atoms with Crippen LogP contribution in [0.25, 0.3) is 0 Å². The molecule has 0 bridgehead atoms. The van der Waals surface area contributed by atoms with Gasteiger partial charge in [0.1, 0.15) is 0 Å². The van der Waals surface area contributed by atoms with Gasteiger partial charge in [-0.15, -0.1) is 23.2 Å². The summed E-state index contributed by atoms with van der Waals surface area (Å²) in [6.07, 6.45) is 9.03. The molecule has 0 fully saturated rings. The van der Waals surface area contributed by atoms with Gasteiger partial charge in [-0.25, -0.2) is 0 Å². The fraction of sp³-hybridized carbons (Fsp3) is 1.00. The first-order valence-electron chi connectivity index (χ1n) is 5.46. The van der Waals surface area contributed by atoms with E-state index in [1.807, 2.05) is 6.92 Å². The summed E-state index contributed by atoms with van der Waals surface area (Å²) < 4.78 is 0. The van der Waals surface area contributed by atoms with Crippen molar-refractivity contribution in [3.05, 3.63) is 0 Å². The molecule has 0 aliphatic heterocycles. The molecule has 0 saturated carbocycles. The van der Waals surface area contributed by atoms with E-state index in [0.29, 0.717) is 0 Å². The molecule has 0 spiro atoms. The third-order valence-corrected chi connectivity index (χ3v) is 3.36. The zero-order valence-electron chi connectivity index (χ0n) is 8.86. The lowest BCUT2D eigenvalue weighted by Crippen LogP contribution is -2.10. The van der Waals surface area contributed by atoms with Gasteiger partial charge in [0.15, 0.2) is 0 Å². The Morgan fingerprint density at radius 2 is 1.46 bits per heavy atom. The Morgan fingerprint density at radius 1 is 0.923 bits per heavy atom. The Labute approximate surface area is 93.0 Å². The lowest BCUT2D eigenvalue weighted by atomic mass is 10.1. The van der Waals surface area contributed by atoms with Crippen LogP contribution in [0.1, 0.15) is 58.8 Å². The van der Waals surface area contributed by atoms with Crippen LogP contribution in [-0.4, -0.2) is 10.8 Å². The highest BCUT2D eigenvalue weighted by molar-refractivity contribution is 6.29. The van der Waals surface area contributed by atoms with Crippen LogP contribution >= 0.6 is 23.2 Å². The fourth-order valence-corrected chi connectivity index (χ4v) is 1.63. The molecule has 0 heterocycles. The molecule has 0 aliphatic carbocycles. The summed E-state index contributed by atoms with van der Waals surface area (Å²) in [5.41, 5.74) is 0. The van der Waals surface area contributed by atoms with Gasteiger partial charge in [0.05, 0.1) is 0 Å². The van der Waals surface area contributed by atoms with E-state index in [9.17, 15) is 0 Å². The van der Waals surface area contributed by atoms with E-state index in [1.54, 1.807) is 0 Å². The van der Waals surface area contributed by atoms with E-state index < -0.39 is 0 Å². The van der Waals surface area contributed by atoms with Gasteiger partial charge in [0, 0.05) is 10.8 Å². The van der Waals surface area contributed by atoms with E-state index in [-0.39, 0.29) is 10.8 Å². The van der Waals surface area contributed by atoms with E-state index in [2.05, 4.69) is 6.92 Å². The van der Waals surface area contributed by atoms with E-state index in [1.165, 1.54) is 38.5 Å². The SMILES string of the molecule is CCCCCCCCC(Cl)C(C)Cl. The minimum Gasteiger partial charge on any atom is -0.122 e. The molecule has 13 heavy (non-hydrogen) atoms. The minimum atomic E-state index is 0.109. The molecule has 2 heteroatoms. The second kappa shape index (κ2) is 9.15. The van der Waals surface area contributed by atoms with Gasteiger partial charge in [-0.2, -0.15) is 0 Å². The van der Waals surface area contributed by atoms with Gasteiger partial charge in [0.25, 0.3) is 0 Å². The molecule has 0 nitrogen and oxygen atoms in total. The summed E-state index contributed by atoms with van der Waals surface area (Å²) in [5, 5.41) is 0.269. The van der Waals surface area contributed by atoms with Crippen molar-refractivity contribution in [2.24, 2.45) is 0 Å². The summed E-state index contributed by atoms with van der Waals surface area (Å²) in [5.74, 6) is 0. The third kappa shape index (κ3) is 8.90. The average Bonchev–Trinajstić information content (AvgIpc) is 2.10. The number of hydrogen-bond acceptors (Lipinski definition) is 0. The number of hydrogen-bond donors (Lipinski definition) is 0. The van der Waals surface area contributed by atoms with Crippen molar-refractivity contribution in [2.75, 3.05) is 0 Å². The van der Waals surface area contributed by atoms with Crippen molar-refractivity contribution in [3.8, 4) is 0 Å². The van der Waals surface area contributed by atoms with Gasteiger partial charge in [-0.05, 0) is 13.3 Å². The average molecular weight is 225 g/mol. The summed E-state index contributed by atoms with van der Waals surface area (Å²) in [6, 6.07) is 0. The second-order valence-corrected chi connectivity index (χ2v) is 5.00. The molecular weight excluding hydrogens is 203 g/mol. The normalized spacial score (nSPS) is 15.7. The second-order valence-electron chi connectivity index (χ2n) is 3.75. The molecule has 0 aliphatic rings. The highest BCUT2D eigenvalue weighted by Gasteiger charge is 2.09. The Balaban J connectivity index is 3.07. The molecular formula is C11H22Cl2. The molecule has 2 unspecified atom stereocenters. The van der Waals surface area contributed by atoms with Crippen LogP contribution in [-0.2, 0) is 0 Å². The van der Waals surface area contributed by atoms with Gasteiger partial charge >= 0.3 is 0 Å². The number of alkyl halides is 2. The molecule has 2 atom stereocenters. The molecule has 0 radical (unpaired) electrons. The van der Waals surface area contributed by atoms with Gasteiger partial charge in [-0.3, -0.25) is 0 Å². The standard InChI is InChI=1S/C11H22Cl2/c1-3-4-5-6-7-8-9-11(13)10(2)12/h10-11H,3-9H2,1-2H3. The van der Waals surface area contributed by atoms with Crippen molar-refractivity contribution in [3.63, 3.8) is 0 Å². The molecule has 0 saturated heterocycles. The predicted molar refractivity (Wildman–Crippen MR) is 62.9 cm³/mol. The van der Waals surface area contributed by atoms with Gasteiger partial charge in [-0.1, -0.05) is 45.4 Å². The van der Waals surface area contributed by atoms with Crippen LogP contribution in [0.5, 0.6) is 0 Å². The van der Waals surface area contributed by atoms with Crippen LogP contribution in [0.2, 0.25) is 0 Å². The lowest BCUT2D eigenvalue weighted by Gasteiger charge is -2.10. The summed E-state index contributed by atoms with van der Waals surface area (Å²) >= 11 is 11.9. The van der Waals surface area contributed by atoms with Crippen molar-refractivity contribution in [1.29, 1.82) is 0 Å². The zero-order chi connectivity index (χ0) is 10.1. The highest BCUT2D eigenvalue weighted by Crippen LogP contribution is 2.17. The summed E-state index contributed by atoms with van der Waals surface area (Å²) in [6.45, 7) is 4.21. The summed E-state index contributed by atoms with van der Waals surface area (Å²) in [4.78, 5) is 0. The third-order valence-electron chi connectivity index (χ3n) is 2.33. The van der Waals surface area contributed by atoms with E-state index in [4.69, 9.17) is 23.2 Å². The smallest absolute Gasteiger partial charge is 0.0497 e. The Hall–Kier alpha value is 0.580. The number of rotatable bonds is 8. The molecule has 80 valence electrons. The zero-order valence-corrected chi connectivity index (χ0v) is 10.4. The molecule has 0 aromatic heterocycles. The molecule has 0 aromatic rings. The number of unbranched alkanes of at least 4 members (excludes halogenated alkanes) is 5. The predicted octanol–water partition coefficient (Wildman–Crippen LogP) is 4.97. The van der Waals surface area contributed by atoms with Crippen LogP contribution in [0.3, 0.4) is 0 Å². The van der Waals surface area contributed by atoms with Gasteiger partial charge in [0.2, 0.25) is 0 Å². The lowest BCUT2D eigenvalue weighted by molar-refractivity contribution is 0.577. The highest BCUT2D eigenvalue weighted by atomic mass is 35.5.